The number of carboxylic acid groups (broad SMARTS) is 1. The lowest BCUT2D eigenvalue weighted by molar-refractivity contribution is -0.137. The molecule has 0 aliphatic carbocycles. The summed E-state index contributed by atoms with van der Waals surface area (Å²) in [7, 11) is 0. The third-order valence-corrected chi connectivity index (χ3v) is 5.77. The first-order chi connectivity index (χ1) is 19.0. The number of anilines is 1. The number of pyridine rings is 3. The third kappa shape index (κ3) is 5.67. The fourth-order valence-electron chi connectivity index (χ4n) is 4.12. The van der Waals surface area contributed by atoms with Gasteiger partial charge in [0.05, 0.1) is 17.4 Å². The molecule has 1 amide bonds. The topological polar surface area (TPSA) is 159 Å². The maximum atomic E-state index is 12.7. The van der Waals surface area contributed by atoms with E-state index in [2.05, 4.69) is 25.5 Å². The van der Waals surface area contributed by atoms with Crippen LogP contribution in [0.15, 0.2) is 49.1 Å². The molecule has 1 atom stereocenters. The number of carboxylic acids is 1. The minimum atomic E-state index is -1.04. The number of nitrogens with one attached hydrogen (secondary N) is 1. The second-order valence-electron chi connectivity index (χ2n) is 10.2. The van der Waals surface area contributed by atoms with Crippen molar-refractivity contribution in [2.75, 3.05) is 5.32 Å². The Morgan fingerprint density at radius 1 is 1.10 bits per heavy atom. The largest absolute Gasteiger partial charge is 0.480 e. The van der Waals surface area contributed by atoms with Gasteiger partial charge in [-0.3, -0.25) is 15.1 Å². The predicted molar refractivity (Wildman–Crippen MR) is 145 cm³/mol. The average molecular weight is 545 g/mol. The standard InChI is InChI=1S/C27H28N8O5/c1-15-9-19-17(12-28-15)11-21(24(31-19)33-26(38)40-27(3,4)5)39-16(2)23-20(34-8-6-7-29-34)10-18-13-30-35(14-22(36)37)25(18)32-23/h6-13,16H,14H2,1-5H3,(H,36,37)(H,31,33,38). The summed E-state index contributed by atoms with van der Waals surface area (Å²) >= 11 is 0. The molecule has 0 bridgehead atoms. The number of amides is 1. The molecule has 5 rings (SSSR count). The van der Waals surface area contributed by atoms with Crippen molar-refractivity contribution in [2.45, 2.75) is 52.9 Å². The van der Waals surface area contributed by atoms with Crippen molar-refractivity contribution >= 4 is 39.8 Å². The van der Waals surface area contributed by atoms with Crippen LogP contribution in [0.5, 0.6) is 5.75 Å². The second kappa shape index (κ2) is 10.2. The number of nitrogens with zero attached hydrogens (tertiary/aromatic N) is 7. The number of fused-ring (bicyclic) bond motifs is 2. The van der Waals surface area contributed by atoms with Crippen molar-refractivity contribution in [3.8, 4) is 11.4 Å². The Morgan fingerprint density at radius 2 is 1.90 bits per heavy atom. The number of rotatable bonds is 7. The maximum absolute atomic E-state index is 12.7. The van der Waals surface area contributed by atoms with Gasteiger partial charge in [-0.15, -0.1) is 0 Å². The normalized spacial score (nSPS) is 12.4. The van der Waals surface area contributed by atoms with E-state index < -0.39 is 23.8 Å². The highest BCUT2D eigenvalue weighted by atomic mass is 16.6. The summed E-state index contributed by atoms with van der Waals surface area (Å²) in [5, 5.41) is 21.9. The van der Waals surface area contributed by atoms with Crippen LogP contribution in [0.2, 0.25) is 0 Å². The van der Waals surface area contributed by atoms with Gasteiger partial charge < -0.3 is 14.6 Å². The Balaban J connectivity index is 1.58. The summed E-state index contributed by atoms with van der Waals surface area (Å²) in [6.07, 6.45) is 5.25. The van der Waals surface area contributed by atoms with Gasteiger partial charge in [0.1, 0.15) is 23.9 Å². The molecule has 1 unspecified atom stereocenters. The zero-order valence-electron chi connectivity index (χ0n) is 22.6. The van der Waals surface area contributed by atoms with E-state index in [0.29, 0.717) is 33.3 Å². The molecule has 0 spiro atoms. The first-order valence-corrected chi connectivity index (χ1v) is 12.5. The van der Waals surface area contributed by atoms with E-state index in [9.17, 15) is 14.7 Å². The number of hydrogen-bond donors (Lipinski definition) is 2. The van der Waals surface area contributed by atoms with Gasteiger partial charge in [-0.1, -0.05) is 0 Å². The van der Waals surface area contributed by atoms with Crippen LogP contribution in [0.25, 0.3) is 27.6 Å². The summed E-state index contributed by atoms with van der Waals surface area (Å²) in [5.41, 5.74) is 2.14. The molecule has 5 aromatic heterocycles. The first kappa shape index (κ1) is 26.5. The van der Waals surface area contributed by atoms with E-state index in [4.69, 9.17) is 14.5 Å². The maximum Gasteiger partial charge on any atom is 0.413 e. The zero-order chi connectivity index (χ0) is 28.6. The number of aryl methyl sites for hydroxylation is 1. The van der Waals surface area contributed by atoms with Gasteiger partial charge in [0.25, 0.3) is 0 Å². The fourth-order valence-corrected chi connectivity index (χ4v) is 4.12. The highest BCUT2D eigenvalue weighted by Gasteiger charge is 2.24. The van der Waals surface area contributed by atoms with Gasteiger partial charge in [0.15, 0.2) is 17.2 Å². The monoisotopic (exact) mass is 544 g/mol. The van der Waals surface area contributed by atoms with Gasteiger partial charge in [-0.25, -0.2) is 24.1 Å². The molecule has 0 aliphatic rings. The lowest BCUT2D eigenvalue weighted by Crippen LogP contribution is -2.27. The van der Waals surface area contributed by atoms with Crippen molar-refractivity contribution in [3.63, 3.8) is 0 Å². The quantitative estimate of drug-likeness (QED) is 0.300. The Labute approximate surface area is 228 Å². The van der Waals surface area contributed by atoms with Crippen LogP contribution >= 0.6 is 0 Å². The van der Waals surface area contributed by atoms with Gasteiger partial charge in [-0.05, 0) is 58.9 Å². The summed E-state index contributed by atoms with van der Waals surface area (Å²) in [4.78, 5) is 37.8. The van der Waals surface area contributed by atoms with Crippen LogP contribution in [0, 0.1) is 6.92 Å². The van der Waals surface area contributed by atoms with Crippen LogP contribution in [0.3, 0.4) is 0 Å². The third-order valence-electron chi connectivity index (χ3n) is 5.77. The summed E-state index contributed by atoms with van der Waals surface area (Å²) in [6.45, 7) is 8.58. The molecule has 13 heteroatoms. The van der Waals surface area contributed by atoms with E-state index in [-0.39, 0.29) is 18.1 Å². The van der Waals surface area contributed by atoms with E-state index in [1.807, 2.05) is 13.0 Å². The van der Waals surface area contributed by atoms with Gasteiger partial charge in [0.2, 0.25) is 0 Å². The molecular formula is C27H28N8O5. The number of carbonyl (C=O) groups is 2. The lowest BCUT2D eigenvalue weighted by atomic mass is 10.1. The molecule has 0 aromatic carbocycles. The summed E-state index contributed by atoms with van der Waals surface area (Å²) < 4.78 is 14.8. The molecular weight excluding hydrogens is 516 g/mol. The van der Waals surface area contributed by atoms with Crippen molar-refractivity contribution in [3.05, 3.63) is 60.4 Å². The van der Waals surface area contributed by atoms with Gasteiger partial charge in [0, 0.05) is 35.1 Å². The average Bonchev–Trinajstić information content (AvgIpc) is 3.52. The molecule has 0 saturated heterocycles. The molecule has 206 valence electrons. The Kier molecular flexibility index (Phi) is 6.80. The van der Waals surface area contributed by atoms with Crippen LogP contribution in [-0.4, -0.2) is 57.3 Å². The van der Waals surface area contributed by atoms with Gasteiger partial charge >= 0.3 is 12.1 Å². The van der Waals surface area contributed by atoms with Gasteiger partial charge in [-0.2, -0.15) is 10.2 Å². The molecule has 0 fully saturated rings. The van der Waals surface area contributed by atoms with Crippen molar-refractivity contribution in [2.24, 2.45) is 0 Å². The molecule has 0 saturated carbocycles. The molecule has 2 N–H and O–H groups in total. The number of aromatic nitrogens is 7. The smallest absolute Gasteiger partial charge is 0.413 e. The molecule has 13 nitrogen and oxygen atoms in total. The van der Waals surface area contributed by atoms with E-state index in [0.717, 1.165) is 5.69 Å². The molecule has 0 radical (unpaired) electrons. The second-order valence-corrected chi connectivity index (χ2v) is 10.2. The van der Waals surface area contributed by atoms with Crippen molar-refractivity contribution in [1.82, 2.24) is 34.5 Å². The number of carbonyl (C=O) groups excluding carboxylic acids is 1. The van der Waals surface area contributed by atoms with Crippen LogP contribution in [0.4, 0.5) is 10.6 Å². The first-order valence-electron chi connectivity index (χ1n) is 12.5. The molecule has 5 aromatic rings. The summed E-state index contributed by atoms with van der Waals surface area (Å²) in [6, 6.07) is 7.13. The minimum absolute atomic E-state index is 0.164. The Hall–Kier alpha value is -5.07. The van der Waals surface area contributed by atoms with Crippen molar-refractivity contribution < 1.29 is 24.2 Å². The van der Waals surface area contributed by atoms with Crippen LogP contribution < -0.4 is 10.1 Å². The van der Waals surface area contributed by atoms with Crippen molar-refractivity contribution in [1.29, 1.82) is 0 Å². The lowest BCUT2D eigenvalue weighted by Gasteiger charge is -2.22. The van der Waals surface area contributed by atoms with Crippen LogP contribution in [0.1, 0.15) is 45.2 Å². The van der Waals surface area contributed by atoms with Crippen LogP contribution in [-0.2, 0) is 16.1 Å². The highest BCUT2D eigenvalue weighted by molar-refractivity contribution is 5.90. The molecule has 40 heavy (non-hydrogen) atoms. The van der Waals surface area contributed by atoms with E-state index in [1.54, 1.807) is 75.4 Å². The Morgan fingerprint density at radius 3 is 2.60 bits per heavy atom. The Bertz CT molecular complexity index is 1720. The number of aliphatic carboxylic acids is 1. The fraction of sp³-hybridized carbons (Fsp3) is 0.296. The predicted octanol–water partition coefficient (Wildman–Crippen LogP) is 4.44. The summed E-state index contributed by atoms with van der Waals surface area (Å²) in [5.74, 6) is -0.613. The SMILES string of the molecule is Cc1cc2nc(NC(=O)OC(C)(C)C)c(OC(C)c3nc4c(cnn4CC(=O)O)cc3-n3cccn3)cc2cn1. The van der Waals surface area contributed by atoms with E-state index in [1.165, 1.54) is 4.68 Å². The molecule has 5 heterocycles. The minimum Gasteiger partial charge on any atom is -0.480 e. The molecule has 0 aliphatic heterocycles. The number of ether oxygens (including phenoxy) is 2. The highest BCUT2D eigenvalue weighted by Crippen LogP contribution is 2.33. The number of hydrogen-bond acceptors (Lipinski definition) is 9. The van der Waals surface area contributed by atoms with E-state index >= 15 is 0 Å². The zero-order valence-corrected chi connectivity index (χ0v) is 22.6.